The zero-order valence-corrected chi connectivity index (χ0v) is 31.5. The lowest BCUT2D eigenvalue weighted by Crippen LogP contribution is -2.36. The highest BCUT2D eigenvalue weighted by Gasteiger charge is 2.42. The summed E-state index contributed by atoms with van der Waals surface area (Å²) in [6.45, 7) is 3.35. The maximum Gasteiger partial charge on any atom is 0.315 e. The number of carbonyl (C=O) groups excluding carboxylic acids is 2. The first-order valence-electron chi connectivity index (χ1n) is 18.9. The van der Waals surface area contributed by atoms with E-state index in [0.717, 1.165) is 84.3 Å². The molecule has 7 rings (SSSR count). The van der Waals surface area contributed by atoms with Gasteiger partial charge in [0.2, 0.25) is 5.91 Å². The summed E-state index contributed by atoms with van der Waals surface area (Å²) in [4.78, 5) is 23.7. The number of benzene rings is 2. The van der Waals surface area contributed by atoms with Crippen LogP contribution < -0.4 is 35.5 Å². The van der Waals surface area contributed by atoms with E-state index in [4.69, 9.17) is 23.7 Å². The highest BCUT2D eigenvalue weighted by molar-refractivity contribution is 8.00. The Morgan fingerprint density at radius 1 is 0.906 bits per heavy atom. The van der Waals surface area contributed by atoms with Crippen LogP contribution in [0, 0.1) is 0 Å². The summed E-state index contributed by atoms with van der Waals surface area (Å²) in [7, 11) is 3.31. The van der Waals surface area contributed by atoms with Crippen molar-refractivity contribution in [1.29, 1.82) is 0 Å². The number of nitrogens with one attached hydrogen (secondary N) is 6. The Morgan fingerprint density at radius 2 is 1.74 bits per heavy atom. The molecule has 3 amide bonds. The van der Waals surface area contributed by atoms with Gasteiger partial charge in [-0.15, -0.1) is 0 Å². The van der Waals surface area contributed by atoms with Gasteiger partial charge in [-0.2, -0.15) is 11.8 Å². The number of ether oxygens (including phenoxy) is 5. The Bertz CT molecular complexity index is 1810. The van der Waals surface area contributed by atoms with E-state index in [2.05, 4.69) is 49.7 Å². The Kier molecular flexibility index (Phi) is 12.4. The summed E-state index contributed by atoms with van der Waals surface area (Å²) in [6, 6.07) is 13.2. The van der Waals surface area contributed by atoms with Crippen molar-refractivity contribution in [3.05, 3.63) is 47.5 Å². The summed E-state index contributed by atoms with van der Waals surface area (Å²) in [5, 5.41) is 22.0. The standard InChI is InChI=1S/C39H52N6O7S/c1-48-32-21-25-20-29-36(28(25)22-33(32)49-2)44-45-38(29)41-30-12-9-24-19-26(10-11-27(24)30)52-18-17-51-16-15-50-14-6-5-13-40-35(46)8-4-3-7-34-37-31(23-53-34)42-39(47)43-37/h10-11,19-22,30-31,34,37,41,44-45H,3-9,12-18,23H2,1-2H3,(H,40,46)(H2,42,43,47). The molecule has 4 unspecified atom stereocenters. The van der Waals surface area contributed by atoms with Crippen LogP contribution in [0.1, 0.15) is 62.1 Å². The minimum absolute atomic E-state index is 0.0492. The monoisotopic (exact) mass is 748 g/mol. The molecule has 2 saturated heterocycles. The van der Waals surface area contributed by atoms with Gasteiger partial charge in [0, 0.05) is 41.5 Å². The van der Waals surface area contributed by atoms with Crippen molar-refractivity contribution in [2.75, 3.05) is 64.9 Å². The van der Waals surface area contributed by atoms with Crippen LogP contribution in [0.25, 0.3) is 22.0 Å². The molecule has 0 bridgehead atoms. The van der Waals surface area contributed by atoms with Crippen molar-refractivity contribution in [2.24, 2.45) is 0 Å². The molecular formula is C39H52N6O7S. The second-order valence-electron chi connectivity index (χ2n) is 13.9. The number of H-pyrrole nitrogens is 2. The summed E-state index contributed by atoms with van der Waals surface area (Å²) >= 11 is 1.92. The fourth-order valence-corrected chi connectivity index (χ4v) is 9.25. The van der Waals surface area contributed by atoms with Gasteiger partial charge in [-0.1, -0.05) is 12.5 Å². The van der Waals surface area contributed by atoms with Gasteiger partial charge in [0.1, 0.15) is 18.2 Å². The molecule has 13 nitrogen and oxygen atoms in total. The average molecular weight is 749 g/mol. The lowest BCUT2D eigenvalue weighted by Gasteiger charge is -2.16. The van der Waals surface area contributed by atoms with Gasteiger partial charge < -0.3 is 45.0 Å². The molecule has 0 saturated carbocycles. The summed E-state index contributed by atoms with van der Waals surface area (Å²) < 4.78 is 28.4. The van der Waals surface area contributed by atoms with Crippen LogP contribution in [0.15, 0.2) is 36.4 Å². The fourth-order valence-electron chi connectivity index (χ4n) is 7.71. The number of unbranched alkanes of at least 4 members (excludes halogenated alkanes) is 2. The molecule has 2 aromatic rings. The zero-order valence-electron chi connectivity index (χ0n) is 30.6. The molecule has 53 heavy (non-hydrogen) atoms. The van der Waals surface area contributed by atoms with E-state index in [9.17, 15) is 9.59 Å². The molecule has 3 heterocycles. The molecular weight excluding hydrogens is 697 g/mol. The number of methoxy groups -OCH3 is 2. The number of thioether (sulfide) groups is 1. The Hall–Kier alpha value is -4.27. The predicted molar refractivity (Wildman–Crippen MR) is 207 cm³/mol. The van der Waals surface area contributed by atoms with Crippen molar-refractivity contribution in [3.63, 3.8) is 0 Å². The molecule has 0 radical (unpaired) electrons. The van der Waals surface area contributed by atoms with Gasteiger partial charge in [-0.3, -0.25) is 15.0 Å². The molecule has 0 spiro atoms. The van der Waals surface area contributed by atoms with Gasteiger partial charge in [-0.05, 0) is 85.4 Å². The van der Waals surface area contributed by atoms with E-state index in [0.29, 0.717) is 62.7 Å². The quantitative estimate of drug-likeness (QED) is 0.0461. The van der Waals surface area contributed by atoms with E-state index in [1.54, 1.807) is 14.2 Å². The fraction of sp³-hybridized carbons (Fsp3) is 0.538. The molecule has 2 aliphatic carbocycles. The first-order chi connectivity index (χ1) is 26.0. The molecule has 3 aliphatic heterocycles. The van der Waals surface area contributed by atoms with Gasteiger partial charge in [0.05, 0.1) is 57.9 Å². The number of fused-ring (bicyclic) bond motifs is 5. The van der Waals surface area contributed by atoms with E-state index in [-0.39, 0.29) is 30.1 Å². The van der Waals surface area contributed by atoms with E-state index in [1.165, 1.54) is 11.1 Å². The van der Waals surface area contributed by atoms with Gasteiger partial charge in [0.25, 0.3) is 0 Å². The van der Waals surface area contributed by atoms with Gasteiger partial charge in [-0.25, -0.2) is 4.79 Å². The Balaban J connectivity index is 0.713. The molecule has 286 valence electrons. The van der Waals surface area contributed by atoms with Gasteiger partial charge >= 0.3 is 6.03 Å². The van der Waals surface area contributed by atoms with Crippen LogP contribution in [0.4, 0.5) is 10.6 Å². The number of aromatic amines is 2. The average Bonchev–Trinajstić information content (AvgIpc) is 3.99. The SMILES string of the molecule is COc1cc2cc3c(NC4CCc5cc(OCCOCCOCCCCNC(=O)CCCCC6SCC7NC(=O)NC76)ccc54)[nH][nH]c-3c2cc1OC. The topological polar surface area (TPSA) is 160 Å². The number of amides is 3. The highest BCUT2D eigenvalue weighted by Crippen LogP contribution is 2.44. The number of aromatic nitrogens is 2. The number of aryl methyl sites for hydroxylation is 1. The summed E-state index contributed by atoms with van der Waals surface area (Å²) in [5.41, 5.74) is 4.73. The second kappa shape index (κ2) is 17.7. The molecule has 14 heteroatoms. The lowest BCUT2D eigenvalue weighted by atomic mass is 10.0. The third-order valence-corrected chi connectivity index (χ3v) is 12.0. The maximum absolute atomic E-state index is 12.2. The number of hydrogen-bond donors (Lipinski definition) is 6. The normalized spacial score (nSPS) is 20.3. The molecule has 0 aromatic heterocycles. The van der Waals surface area contributed by atoms with Crippen molar-refractivity contribution >= 4 is 40.3 Å². The van der Waals surface area contributed by atoms with Crippen LogP contribution >= 0.6 is 11.8 Å². The Morgan fingerprint density at radius 3 is 2.60 bits per heavy atom. The minimum Gasteiger partial charge on any atom is -0.493 e. The summed E-state index contributed by atoms with van der Waals surface area (Å²) in [5.74, 6) is 4.33. The van der Waals surface area contributed by atoms with Crippen LogP contribution in [0.2, 0.25) is 0 Å². The largest absolute Gasteiger partial charge is 0.493 e. The second-order valence-corrected chi connectivity index (χ2v) is 15.2. The molecule has 2 fully saturated rings. The molecule has 2 aromatic carbocycles. The zero-order chi connectivity index (χ0) is 36.6. The van der Waals surface area contributed by atoms with Crippen molar-refractivity contribution in [2.45, 2.75) is 74.7 Å². The minimum atomic E-state index is -0.0492. The number of carbonyl (C=O) groups is 2. The smallest absolute Gasteiger partial charge is 0.315 e. The van der Waals surface area contributed by atoms with Crippen molar-refractivity contribution in [1.82, 2.24) is 26.1 Å². The van der Waals surface area contributed by atoms with Gasteiger partial charge in [0.15, 0.2) is 11.5 Å². The van der Waals surface area contributed by atoms with Crippen LogP contribution in [0.3, 0.4) is 0 Å². The Labute approximate surface area is 314 Å². The van der Waals surface area contributed by atoms with E-state index < -0.39 is 0 Å². The predicted octanol–water partition coefficient (Wildman–Crippen LogP) is 5.75. The lowest BCUT2D eigenvalue weighted by molar-refractivity contribution is -0.121. The maximum atomic E-state index is 12.2. The van der Waals surface area contributed by atoms with Crippen molar-refractivity contribution < 1.29 is 33.3 Å². The number of hydrogen-bond acceptors (Lipinski definition) is 9. The first-order valence-corrected chi connectivity index (χ1v) is 19.9. The van der Waals surface area contributed by atoms with Crippen molar-refractivity contribution in [3.8, 4) is 28.5 Å². The third-order valence-electron chi connectivity index (χ3n) is 10.5. The number of rotatable bonds is 21. The first kappa shape index (κ1) is 37.1. The van der Waals surface area contributed by atoms with Crippen LogP contribution in [-0.4, -0.2) is 99.0 Å². The third kappa shape index (κ3) is 8.93. The molecule has 5 aliphatic rings. The summed E-state index contributed by atoms with van der Waals surface area (Å²) in [6.07, 6.45) is 7.22. The molecule has 6 N–H and O–H groups in total. The molecule has 4 atom stereocenters. The van der Waals surface area contributed by atoms with E-state index >= 15 is 0 Å². The van der Waals surface area contributed by atoms with Crippen LogP contribution in [0.5, 0.6) is 17.2 Å². The van der Waals surface area contributed by atoms with Crippen LogP contribution in [-0.2, 0) is 20.7 Å². The van der Waals surface area contributed by atoms with E-state index in [1.807, 2.05) is 30.0 Å². The number of anilines is 1. The number of urea groups is 1. The highest BCUT2D eigenvalue weighted by atomic mass is 32.2.